The summed E-state index contributed by atoms with van der Waals surface area (Å²) in [7, 11) is 0. The molecule has 1 aliphatic carbocycles. The summed E-state index contributed by atoms with van der Waals surface area (Å²) in [4.78, 5) is 11.3. The molecule has 0 aliphatic heterocycles. The average molecular weight is 285 g/mol. The van der Waals surface area contributed by atoms with E-state index in [1.807, 2.05) is 18.2 Å². The number of hydrogen-bond acceptors (Lipinski definition) is 1. The Kier molecular flexibility index (Phi) is 4.69. The van der Waals surface area contributed by atoms with Crippen LogP contribution in [-0.2, 0) is 4.79 Å². The Morgan fingerprint density at radius 2 is 1.94 bits per heavy atom. The summed E-state index contributed by atoms with van der Waals surface area (Å²) in [6, 6.07) is 5.84. The molecule has 1 aromatic carbocycles. The zero-order valence-corrected chi connectivity index (χ0v) is 12.1. The van der Waals surface area contributed by atoms with Crippen LogP contribution in [0.4, 0.5) is 0 Å². The van der Waals surface area contributed by atoms with Crippen LogP contribution in [0.5, 0.6) is 0 Å². The molecule has 0 N–H and O–H groups in total. The Labute approximate surface area is 118 Å². The fourth-order valence-electron chi connectivity index (χ4n) is 2.68. The molecular formula is C15H18Cl2O. The van der Waals surface area contributed by atoms with Gasteiger partial charge < -0.3 is 0 Å². The lowest BCUT2D eigenvalue weighted by Gasteiger charge is -2.23. The molecule has 0 bridgehead atoms. The van der Waals surface area contributed by atoms with E-state index < -0.39 is 5.38 Å². The lowest BCUT2D eigenvalue weighted by molar-refractivity contribution is -0.116. The summed E-state index contributed by atoms with van der Waals surface area (Å²) in [5.74, 6) is 0.532. The minimum atomic E-state index is -0.581. The second-order valence-corrected chi connectivity index (χ2v) is 5.93. The van der Waals surface area contributed by atoms with Crippen molar-refractivity contribution in [2.75, 3.05) is 0 Å². The van der Waals surface area contributed by atoms with Crippen LogP contribution in [0.1, 0.15) is 61.4 Å². The minimum Gasteiger partial charge on any atom is -0.298 e. The van der Waals surface area contributed by atoms with Gasteiger partial charge in [-0.25, -0.2) is 0 Å². The Morgan fingerprint density at radius 3 is 2.50 bits per heavy atom. The molecule has 0 heterocycles. The molecule has 1 saturated carbocycles. The van der Waals surface area contributed by atoms with E-state index in [-0.39, 0.29) is 5.78 Å². The summed E-state index contributed by atoms with van der Waals surface area (Å²) in [6.45, 7) is 1.50. The first-order valence-electron chi connectivity index (χ1n) is 6.53. The molecule has 18 heavy (non-hydrogen) atoms. The predicted molar refractivity (Wildman–Crippen MR) is 76.6 cm³/mol. The standard InChI is InChI=1S/C15H18Cl2O/c1-10(18)15(17)12-7-8-13(14(16)9-12)11-5-3-2-4-6-11/h7-9,11,15H,2-6H2,1H3. The van der Waals surface area contributed by atoms with Gasteiger partial charge in [0.1, 0.15) is 5.38 Å². The van der Waals surface area contributed by atoms with E-state index in [0.717, 1.165) is 10.6 Å². The van der Waals surface area contributed by atoms with Crippen LogP contribution in [-0.4, -0.2) is 5.78 Å². The topological polar surface area (TPSA) is 17.1 Å². The van der Waals surface area contributed by atoms with E-state index in [9.17, 15) is 4.79 Å². The van der Waals surface area contributed by atoms with E-state index in [2.05, 4.69) is 0 Å². The number of halogens is 2. The number of ketones is 1. The van der Waals surface area contributed by atoms with Gasteiger partial charge in [-0.1, -0.05) is 43.0 Å². The maximum Gasteiger partial charge on any atom is 0.152 e. The number of carbonyl (C=O) groups is 1. The molecule has 0 radical (unpaired) electrons. The van der Waals surface area contributed by atoms with Crippen molar-refractivity contribution in [2.45, 2.75) is 50.3 Å². The first-order valence-corrected chi connectivity index (χ1v) is 7.35. The molecule has 1 nitrogen and oxygen atoms in total. The van der Waals surface area contributed by atoms with Crippen LogP contribution < -0.4 is 0 Å². The molecule has 1 atom stereocenters. The predicted octanol–water partition coefficient (Wildman–Crippen LogP) is 5.26. The lowest BCUT2D eigenvalue weighted by atomic mass is 9.83. The third kappa shape index (κ3) is 3.07. The van der Waals surface area contributed by atoms with Gasteiger partial charge in [0.25, 0.3) is 0 Å². The van der Waals surface area contributed by atoms with Gasteiger partial charge in [0.2, 0.25) is 0 Å². The maximum absolute atomic E-state index is 11.3. The molecule has 3 heteroatoms. The molecule has 0 amide bonds. The summed E-state index contributed by atoms with van der Waals surface area (Å²) < 4.78 is 0. The fourth-order valence-corrected chi connectivity index (χ4v) is 3.16. The van der Waals surface area contributed by atoms with Gasteiger partial charge in [0, 0.05) is 5.02 Å². The number of rotatable bonds is 3. The third-order valence-corrected chi connectivity index (χ3v) is 4.61. The molecule has 98 valence electrons. The van der Waals surface area contributed by atoms with Crippen molar-refractivity contribution >= 4 is 29.0 Å². The van der Waals surface area contributed by atoms with Crippen molar-refractivity contribution in [1.82, 2.24) is 0 Å². The van der Waals surface area contributed by atoms with Crippen LogP contribution in [0.25, 0.3) is 0 Å². The molecule has 0 aromatic heterocycles. The van der Waals surface area contributed by atoms with Crippen LogP contribution in [0.3, 0.4) is 0 Å². The average Bonchev–Trinajstić information content (AvgIpc) is 2.38. The van der Waals surface area contributed by atoms with Crippen molar-refractivity contribution < 1.29 is 4.79 Å². The third-order valence-electron chi connectivity index (χ3n) is 3.72. The smallest absolute Gasteiger partial charge is 0.152 e. The Balaban J connectivity index is 2.21. The molecule has 1 aromatic rings. The van der Waals surface area contributed by atoms with Crippen LogP contribution in [0, 0.1) is 0 Å². The molecule has 0 spiro atoms. The van der Waals surface area contributed by atoms with E-state index in [4.69, 9.17) is 23.2 Å². The first-order chi connectivity index (χ1) is 8.59. The SMILES string of the molecule is CC(=O)C(Cl)c1ccc(C2CCCCC2)c(Cl)c1. The van der Waals surface area contributed by atoms with E-state index >= 15 is 0 Å². The van der Waals surface area contributed by atoms with Crippen LogP contribution >= 0.6 is 23.2 Å². The summed E-state index contributed by atoms with van der Waals surface area (Å²) >= 11 is 12.4. The maximum atomic E-state index is 11.3. The van der Waals surface area contributed by atoms with Gasteiger partial charge in [0.05, 0.1) is 0 Å². The molecule has 1 unspecified atom stereocenters. The Hall–Kier alpha value is -0.530. The lowest BCUT2D eigenvalue weighted by Crippen LogP contribution is -2.06. The van der Waals surface area contributed by atoms with Crippen molar-refractivity contribution in [1.29, 1.82) is 0 Å². The van der Waals surface area contributed by atoms with Gasteiger partial charge in [-0.3, -0.25) is 4.79 Å². The van der Waals surface area contributed by atoms with E-state index in [1.165, 1.54) is 44.6 Å². The largest absolute Gasteiger partial charge is 0.298 e. The van der Waals surface area contributed by atoms with Crippen molar-refractivity contribution in [3.63, 3.8) is 0 Å². The van der Waals surface area contributed by atoms with Crippen LogP contribution in [0.15, 0.2) is 18.2 Å². The number of carbonyl (C=O) groups excluding carboxylic acids is 1. The van der Waals surface area contributed by atoms with Gasteiger partial charge in [-0.15, -0.1) is 11.6 Å². The highest BCUT2D eigenvalue weighted by Crippen LogP contribution is 2.37. The monoisotopic (exact) mass is 284 g/mol. The second kappa shape index (κ2) is 6.08. The molecule has 0 saturated heterocycles. The number of benzene rings is 1. The summed E-state index contributed by atoms with van der Waals surface area (Å²) in [5.41, 5.74) is 2.02. The van der Waals surface area contributed by atoms with Gasteiger partial charge in [-0.2, -0.15) is 0 Å². The van der Waals surface area contributed by atoms with Crippen molar-refractivity contribution in [3.8, 4) is 0 Å². The number of alkyl halides is 1. The summed E-state index contributed by atoms with van der Waals surface area (Å²) in [5, 5.41) is 0.175. The van der Waals surface area contributed by atoms with Crippen LogP contribution in [0.2, 0.25) is 5.02 Å². The van der Waals surface area contributed by atoms with Crippen molar-refractivity contribution in [3.05, 3.63) is 34.3 Å². The number of hydrogen-bond donors (Lipinski definition) is 0. The Bertz CT molecular complexity index is 436. The highest BCUT2D eigenvalue weighted by atomic mass is 35.5. The normalized spacial score (nSPS) is 18.6. The van der Waals surface area contributed by atoms with E-state index in [1.54, 1.807) is 0 Å². The summed E-state index contributed by atoms with van der Waals surface area (Å²) in [6.07, 6.45) is 6.34. The molecule has 2 rings (SSSR count). The zero-order chi connectivity index (χ0) is 13.1. The van der Waals surface area contributed by atoms with Gasteiger partial charge >= 0.3 is 0 Å². The zero-order valence-electron chi connectivity index (χ0n) is 10.6. The van der Waals surface area contributed by atoms with Gasteiger partial charge in [-0.05, 0) is 42.9 Å². The molecule has 1 fully saturated rings. The number of Topliss-reactive ketones (excluding diaryl/α,β-unsaturated/α-hetero) is 1. The molecule has 1 aliphatic rings. The highest BCUT2D eigenvalue weighted by molar-refractivity contribution is 6.33. The molecular weight excluding hydrogens is 267 g/mol. The van der Waals surface area contributed by atoms with E-state index in [0.29, 0.717) is 5.92 Å². The fraction of sp³-hybridized carbons (Fsp3) is 0.533. The quantitative estimate of drug-likeness (QED) is 0.692. The van der Waals surface area contributed by atoms with Gasteiger partial charge in [0.15, 0.2) is 5.78 Å². The first kappa shape index (κ1) is 13.9. The second-order valence-electron chi connectivity index (χ2n) is 5.09. The minimum absolute atomic E-state index is 0.0434. The highest BCUT2D eigenvalue weighted by Gasteiger charge is 2.20. The van der Waals surface area contributed by atoms with Crippen molar-refractivity contribution in [2.24, 2.45) is 0 Å². The Morgan fingerprint density at radius 1 is 1.28 bits per heavy atom.